The molecule has 90 valence electrons. The van der Waals surface area contributed by atoms with Crippen LogP contribution in [0.25, 0.3) is 0 Å². The van der Waals surface area contributed by atoms with Crippen LogP contribution in [0, 0.1) is 12.7 Å². The van der Waals surface area contributed by atoms with Gasteiger partial charge < -0.3 is 9.84 Å². The number of hydrogen-bond acceptors (Lipinski definition) is 3. The van der Waals surface area contributed by atoms with Crippen LogP contribution in [0.4, 0.5) is 4.39 Å². The van der Waals surface area contributed by atoms with Crippen LogP contribution in [0.5, 0.6) is 5.75 Å². The van der Waals surface area contributed by atoms with Crippen molar-refractivity contribution in [3.63, 3.8) is 0 Å². The number of ether oxygens (including phenoxy) is 1. The number of rotatable bonds is 3. The van der Waals surface area contributed by atoms with E-state index in [9.17, 15) is 9.50 Å². The lowest BCUT2D eigenvalue weighted by Gasteiger charge is -2.13. The van der Waals surface area contributed by atoms with Gasteiger partial charge in [-0.25, -0.2) is 4.39 Å². The van der Waals surface area contributed by atoms with Crippen LogP contribution in [0.2, 0.25) is 0 Å². The lowest BCUT2D eigenvalue weighted by Crippen LogP contribution is -2.03. The second-order valence-electron chi connectivity index (χ2n) is 3.73. The molecular formula is C13H13FO2S. The van der Waals surface area contributed by atoms with Gasteiger partial charge in [-0.15, -0.1) is 11.3 Å². The monoisotopic (exact) mass is 252 g/mol. The number of aliphatic hydroxyl groups excluding tert-OH is 1. The second-order valence-corrected chi connectivity index (χ2v) is 4.68. The Hall–Kier alpha value is -1.39. The topological polar surface area (TPSA) is 29.5 Å². The highest BCUT2D eigenvalue weighted by atomic mass is 32.1. The van der Waals surface area contributed by atoms with Crippen LogP contribution in [0.15, 0.2) is 29.6 Å². The smallest absolute Gasteiger partial charge is 0.171 e. The zero-order valence-corrected chi connectivity index (χ0v) is 10.4. The molecule has 2 nitrogen and oxygen atoms in total. The van der Waals surface area contributed by atoms with Crippen molar-refractivity contribution in [3.05, 3.63) is 51.5 Å². The first-order valence-corrected chi connectivity index (χ1v) is 6.07. The number of benzene rings is 1. The van der Waals surface area contributed by atoms with E-state index >= 15 is 0 Å². The Morgan fingerprint density at radius 2 is 2.12 bits per heavy atom. The van der Waals surface area contributed by atoms with Crippen molar-refractivity contribution in [3.8, 4) is 5.75 Å². The van der Waals surface area contributed by atoms with E-state index in [0.717, 1.165) is 10.4 Å². The number of methoxy groups -OCH3 is 1. The SMILES string of the molecule is COc1cccc(C(O)c2sccc2C)c1F. The molecule has 1 aromatic carbocycles. The Morgan fingerprint density at radius 1 is 1.35 bits per heavy atom. The summed E-state index contributed by atoms with van der Waals surface area (Å²) in [5, 5.41) is 12.1. The van der Waals surface area contributed by atoms with Crippen LogP contribution in [0.1, 0.15) is 22.1 Å². The van der Waals surface area contributed by atoms with E-state index in [2.05, 4.69) is 0 Å². The molecule has 0 bridgehead atoms. The zero-order valence-electron chi connectivity index (χ0n) is 9.61. The molecule has 4 heteroatoms. The molecule has 0 spiro atoms. The van der Waals surface area contributed by atoms with Gasteiger partial charge in [-0.3, -0.25) is 0 Å². The first-order valence-electron chi connectivity index (χ1n) is 5.19. The molecular weight excluding hydrogens is 239 g/mol. The molecule has 0 fully saturated rings. The van der Waals surface area contributed by atoms with E-state index in [1.54, 1.807) is 12.1 Å². The summed E-state index contributed by atoms with van der Waals surface area (Å²) in [6.07, 6.45) is -0.940. The minimum Gasteiger partial charge on any atom is -0.494 e. The summed E-state index contributed by atoms with van der Waals surface area (Å²) in [6, 6.07) is 6.68. The summed E-state index contributed by atoms with van der Waals surface area (Å²) >= 11 is 1.42. The number of halogens is 1. The third-order valence-corrected chi connectivity index (χ3v) is 3.73. The summed E-state index contributed by atoms with van der Waals surface area (Å²) in [5.74, 6) is -0.356. The minimum absolute atomic E-state index is 0.149. The second kappa shape index (κ2) is 4.85. The molecule has 17 heavy (non-hydrogen) atoms. The number of aryl methyl sites for hydroxylation is 1. The summed E-state index contributed by atoms with van der Waals surface area (Å²) < 4.78 is 18.9. The summed E-state index contributed by atoms with van der Waals surface area (Å²) in [4.78, 5) is 0.761. The first kappa shape index (κ1) is 12.1. The van der Waals surface area contributed by atoms with Crippen LogP contribution in [0.3, 0.4) is 0 Å². The van der Waals surface area contributed by atoms with Gasteiger partial charge in [-0.1, -0.05) is 12.1 Å². The lowest BCUT2D eigenvalue weighted by atomic mass is 10.0. The Bertz CT molecular complexity index is 522. The van der Waals surface area contributed by atoms with E-state index in [1.165, 1.54) is 24.5 Å². The molecule has 2 rings (SSSR count). The van der Waals surface area contributed by atoms with Gasteiger partial charge in [-0.05, 0) is 30.0 Å². The predicted octanol–water partition coefficient (Wildman–Crippen LogP) is 3.29. The highest BCUT2D eigenvalue weighted by Gasteiger charge is 2.20. The van der Waals surface area contributed by atoms with Crippen molar-refractivity contribution in [2.45, 2.75) is 13.0 Å². The van der Waals surface area contributed by atoms with E-state index in [0.29, 0.717) is 0 Å². The highest BCUT2D eigenvalue weighted by molar-refractivity contribution is 7.10. The summed E-state index contributed by atoms with van der Waals surface area (Å²) in [5.41, 5.74) is 1.21. The fourth-order valence-corrected chi connectivity index (χ4v) is 2.63. The highest BCUT2D eigenvalue weighted by Crippen LogP contribution is 2.33. The van der Waals surface area contributed by atoms with Crippen molar-refractivity contribution in [2.75, 3.05) is 7.11 Å². The average molecular weight is 252 g/mol. The van der Waals surface area contributed by atoms with Gasteiger partial charge in [0.05, 0.1) is 7.11 Å². The maximum absolute atomic E-state index is 14.0. The van der Waals surface area contributed by atoms with Crippen LogP contribution >= 0.6 is 11.3 Å². The first-order chi connectivity index (χ1) is 8.15. The van der Waals surface area contributed by atoms with Crippen LogP contribution in [-0.2, 0) is 0 Å². The van der Waals surface area contributed by atoms with Crippen molar-refractivity contribution in [2.24, 2.45) is 0 Å². The molecule has 2 aromatic rings. The van der Waals surface area contributed by atoms with Crippen molar-refractivity contribution in [1.82, 2.24) is 0 Å². The standard InChI is InChI=1S/C13H13FO2S/c1-8-6-7-17-13(8)12(15)9-4-3-5-10(16-2)11(9)14/h3-7,12,15H,1-2H3. The molecule has 1 atom stereocenters. The van der Waals surface area contributed by atoms with Crippen molar-refractivity contribution < 1.29 is 14.2 Å². The molecule has 0 amide bonds. The fourth-order valence-electron chi connectivity index (χ4n) is 1.70. The van der Waals surface area contributed by atoms with Crippen molar-refractivity contribution in [1.29, 1.82) is 0 Å². The van der Waals surface area contributed by atoms with Gasteiger partial charge in [0.15, 0.2) is 11.6 Å². The number of thiophene rings is 1. The molecule has 0 saturated carbocycles. The molecule has 1 N–H and O–H groups in total. The molecule has 0 radical (unpaired) electrons. The van der Waals surface area contributed by atoms with E-state index < -0.39 is 11.9 Å². The average Bonchev–Trinajstić information content (AvgIpc) is 2.75. The van der Waals surface area contributed by atoms with Gasteiger partial charge in [0.2, 0.25) is 0 Å². The van der Waals surface area contributed by atoms with Gasteiger partial charge in [0, 0.05) is 10.4 Å². The van der Waals surface area contributed by atoms with Gasteiger partial charge in [0.1, 0.15) is 6.10 Å². The predicted molar refractivity (Wildman–Crippen MR) is 66.1 cm³/mol. The lowest BCUT2D eigenvalue weighted by molar-refractivity contribution is 0.216. The Morgan fingerprint density at radius 3 is 2.71 bits per heavy atom. The Labute approximate surface area is 103 Å². The summed E-state index contributed by atoms with van der Waals surface area (Å²) in [7, 11) is 1.41. The van der Waals surface area contributed by atoms with Crippen molar-refractivity contribution >= 4 is 11.3 Å². The molecule has 0 aliphatic carbocycles. The zero-order chi connectivity index (χ0) is 12.4. The maximum Gasteiger partial charge on any atom is 0.171 e. The van der Waals surface area contributed by atoms with E-state index in [4.69, 9.17) is 4.74 Å². The summed E-state index contributed by atoms with van der Waals surface area (Å²) in [6.45, 7) is 1.90. The van der Waals surface area contributed by atoms with Crippen LogP contribution < -0.4 is 4.74 Å². The van der Waals surface area contributed by atoms with E-state index in [1.807, 2.05) is 18.4 Å². The molecule has 0 aliphatic heterocycles. The molecule has 1 heterocycles. The van der Waals surface area contributed by atoms with Crippen LogP contribution in [-0.4, -0.2) is 12.2 Å². The third kappa shape index (κ3) is 2.18. The third-order valence-electron chi connectivity index (χ3n) is 2.66. The molecule has 0 aliphatic rings. The molecule has 1 aromatic heterocycles. The van der Waals surface area contributed by atoms with E-state index in [-0.39, 0.29) is 11.3 Å². The fraction of sp³-hybridized carbons (Fsp3) is 0.231. The molecule has 0 saturated heterocycles. The van der Waals surface area contributed by atoms with Gasteiger partial charge in [0.25, 0.3) is 0 Å². The number of hydrogen-bond donors (Lipinski definition) is 1. The van der Waals surface area contributed by atoms with Gasteiger partial charge in [-0.2, -0.15) is 0 Å². The Kier molecular flexibility index (Phi) is 3.45. The minimum atomic E-state index is -0.940. The maximum atomic E-state index is 14.0. The Balaban J connectivity index is 2.44. The van der Waals surface area contributed by atoms with Gasteiger partial charge >= 0.3 is 0 Å². The normalized spacial score (nSPS) is 12.5. The molecule has 1 unspecified atom stereocenters. The number of aliphatic hydroxyl groups is 1. The quantitative estimate of drug-likeness (QED) is 0.908. The largest absolute Gasteiger partial charge is 0.494 e.